The Morgan fingerprint density at radius 2 is 2.30 bits per heavy atom. The van der Waals surface area contributed by atoms with Gasteiger partial charge in [-0.25, -0.2) is 9.67 Å². The van der Waals surface area contributed by atoms with E-state index in [0.29, 0.717) is 12.2 Å². The molecule has 0 radical (unpaired) electrons. The highest BCUT2D eigenvalue weighted by atomic mass is 16.2. The van der Waals surface area contributed by atoms with Gasteiger partial charge in [-0.05, 0) is 25.8 Å². The summed E-state index contributed by atoms with van der Waals surface area (Å²) in [5, 5.41) is 8.44. The van der Waals surface area contributed by atoms with Crippen molar-refractivity contribution in [2.45, 2.75) is 25.8 Å². The molecule has 7 heteroatoms. The largest absolute Gasteiger partial charge is 0.335 e. The number of hydrogen-bond donors (Lipinski definition) is 0. The van der Waals surface area contributed by atoms with E-state index in [4.69, 9.17) is 0 Å². The average molecular weight is 274 g/mol. The Morgan fingerprint density at radius 1 is 1.45 bits per heavy atom. The molecule has 2 aromatic heterocycles. The van der Waals surface area contributed by atoms with Crippen LogP contribution < -0.4 is 0 Å². The third kappa shape index (κ3) is 2.31. The van der Waals surface area contributed by atoms with Crippen LogP contribution in [0.25, 0.3) is 0 Å². The Morgan fingerprint density at radius 3 is 2.95 bits per heavy atom. The fourth-order valence-corrected chi connectivity index (χ4v) is 2.59. The SMILES string of the molecule is Cc1cc(C(=O)N2CCC[C@H](n3cncn3)C2)nn1C. The molecule has 0 saturated carbocycles. The van der Waals surface area contributed by atoms with Crippen molar-refractivity contribution in [3.05, 3.63) is 30.1 Å². The van der Waals surface area contributed by atoms with Crippen molar-refractivity contribution in [3.8, 4) is 0 Å². The highest BCUT2D eigenvalue weighted by Gasteiger charge is 2.27. The van der Waals surface area contributed by atoms with Crippen LogP contribution in [0, 0.1) is 6.92 Å². The number of carbonyl (C=O) groups is 1. The maximum Gasteiger partial charge on any atom is 0.274 e. The Labute approximate surface area is 117 Å². The molecular formula is C13H18N6O. The zero-order valence-corrected chi connectivity index (χ0v) is 11.7. The second kappa shape index (κ2) is 5.07. The number of aryl methyl sites for hydroxylation is 2. The summed E-state index contributed by atoms with van der Waals surface area (Å²) in [5.74, 6) is -0.00137. The standard InChI is InChI=1S/C13H18N6O/c1-10-6-12(16-17(10)2)13(20)18-5-3-4-11(7-18)19-9-14-8-15-19/h6,8-9,11H,3-5,7H2,1-2H3/t11-/m0/s1. The van der Waals surface area contributed by atoms with Gasteiger partial charge in [0.15, 0.2) is 5.69 Å². The summed E-state index contributed by atoms with van der Waals surface area (Å²) in [4.78, 5) is 18.3. The summed E-state index contributed by atoms with van der Waals surface area (Å²) in [6.45, 7) is 3.38. The third-order valence-electron chi connectivity index (χ3n) is 3.83. The molecule has 0 N–H and O–H groups in total. The predicted octanol–water partition coefficient (Wildman–Crippen LogP) is 0.797. The maximum atomic E-state index is 12.5. The summed E-state index contributed by atoms with van der Waals surface area (Å²) in [5.41, 5.74) is 1.50. The lowest BCUT2D eigenvalue weighted by Crippen LogP contribution is -2.41. The number of rotatable bonds is 2. The van der Waals surface area contributed by atoms with Gasteiger partial charge in [0.25, 0.3) is 5.91 Å². The monoisotopic (exact) mass is 274 g/mol. The lowest BCUT2D eigenvalue weighted by Gasteiger charge is -2.32. The lowest BCUT2D eigenvalue weighted by molar-refractivity contribution is 0.0666. The molecule has 0 aliphatic carbocycles. The van der Waals surface area contributed by atoms with E-state index in [1.54, 1.807) is 11.0 Å². The van der Waals surface area contributed by atoms with E-state index in [1.165, 1.54) is 6.33 Å². The van der Waals surface area contributed by atoms with E-state index >= 15 is 0 Å². The zero-order chi connectivity index (χ0) is 14.1. The van der Waals surface area contributed by atoms with Crippen LogP contribution in [0.4, 0.5) is 0 Å². The van der Waals surface area contributed by atoms with Crippen molar-refractivity contribution in [1.82, 2.24) is 29.4 Å². The maximum absolute atomic E-state index is 12.5. The van der Waals surface area contributed by atoms with Crippen molar-refractivity contribution >= 4 is 5.91 Å². The minimum atomic E-state index is -0.00137. The minimum absolute atomic E-state index is 0.00137. The molecule has 106 valence electrons. The summed E-state index contributed by atoms with van der Waals surface area (Å²) >= 11 is 0. The fourth-order valence-electron chi connectivity index (χ4n) is 2.59. The van der Waals surface area contributed by atoms with Crippen molar-refractivity contribution in [2.24, 2.45) is 7.05 Å². The smallest absolute Gasteiger partial charge is 0.274 e. The van der Waals surface area contributed by atoms with Gasteiger partial charge in [0.05, 0.1) is 6.04 Å². The number of piperidine rings is 1. The van der Waals surface area contributed by atoms with E-state index in [2.05, 4.69) is 15.2 Å². The van der Waals surface area contributed by atoms with Crippen LogP contribution in [0.3, 0.4) is 0 Å². The third-order valence-corrected chi connectivity index (χ3v) is 3.83. The van der Waals surface area contributed by atoms with Crippen LogP contribution in [0.15, 0.2) is 18.7 Å². The Bertz CT molecular complexity index is 583. The van der Waals surface area contributed by atoms with E-state index < -0.39 is 0 Å². The molecule has 0 spiro atoms. The first kappa shape index (κ1) is 12.8. The van der Waals surface area contributed by atoms with E-state index in [0.717, 1.165) is 25.1 Å². The molecule has 20 heavy (non-hydrogen) atoms. The summed E-state index contributed by atoms with van der Waals surface area (Å²) in [7, 11) is 1.85. The minimum Gasteiger partial charge on any atom is -0.335 e. The molecular weight excluding hydrogens is 256 g/mol. The van der Waals surface area contributed by atoms with Crippen molar-refractivity contribution in [2.75, 3.05) is 13.1 Å². The summed E-state index contributed by atoms with van der Waals surface area (Å²) in [6, 6.07) is 2.04. The number of aromatic nitrogens is 5. The normalized spacial score (nSPS) is 19.3. The summed E-state index contributed by atoms with van der Waals surface area (Å²) in [6.07, 6.45) is 5.24. The van der Waals surface area contributed by atoms with Gasteiger partial charge in [0, 0.05) is 25.8 Å². The molecule has 7 nitrogen and oxygen atoms in total. The Balaban J connectivity index is 1.75. The predicted molar refractivity (Wildman–Crippen MR) is 72.1 cm³/mol. The van der Waals surface area contributed by atoms with E-state index in [-0.39, 0.29) is 11.9 Å². The number of nitrogens with zero attached hydrogens (tertiary/aromatic N) is 6. The molecule has 1 amide bonds. The highest BCUT2D eigenvalue weighted by molar-refractivity contribution is 5.92. The highest BCUT2D eigenvalue weighted by Crippen LogP contribution is 2.21. The molecule has 0 aromatic carbocycles. The second-order valence-electron chi connectivity index (χ2n) is 5.22. The molecule has 1 saturated heterocycles. The van der Waals surface area contributed by atoms with Crippen LogP contribution in [0.2, 0.25) is 0 Å². The van der Waals surface area contributed by atoms with Gasteiger partial charge in [-0.2, -0.15) is 10.2 Å². The Kier molecular flexibility index (Phi) is 3.25. The van der Waals surface area contributed by atoms with Crippen LogP contribution in [-0.2, 0) is 7.05 Å². The first-order valence-electron chi connectivity index (χ1n) is 6.79. The lowest BCUT2D eigenvalue weighted by atomic mass is 10.1. The number of hydrogen-bond acceptors (Lipinski definition) is 4. The average Bonchev–Trinajstić information content (AvgIpc) is 3.09. The topological polar surface area (TPSA) is 68.8 Å². The molecule has 1 aliphatic rings. The first-order chi connectivity index (χ1) is 9.65. The van der Waals surface area contributed by atoms with E-state index in [1.807, 2.05) is 29.6 Å². The zero-order valence-electron chi connectivity index (χ0n) is 11.7. The van der Waals surface area contributed by atoms with Gasteiger partial charge in [0.1, 0.15) is 12.7 Å². The molecule has 3 rings (SSSR count). The summed E-state index contributed by atoms with van der Waals surface area (Å²) < 4.78 is 3.56. The van der Waals surface area contributed by atoms with Crippen LogP contribution in [-0.4, -0.2) is 48.4 Å². The van der Waals surface area contributed by atoms with E-state index in [9.17, 15) is 4.79 Å². The number of amides is 1. The molecule has 0 unspecified atom stereocenters. The van der Waals surface area contributed by atoms with Gasteiger partial charge >= 0.3 is 0 Å². The van der Waals surface area contributed by atoms with Crippen LogP contribution in [0.5, 0.6) is 0 Å². The fraction of sp³-hybridized carbons (Fsp3) is 0.538. The van der Waals surface area contributed by atoms with Crippen LogP contribution in [0.1, 0.15) is 35.1 Å². The molecule has 2 aromatic rings. The van der Waals surface area contributed by atoms with Gasteiger partial charge < -0.3 is 4.90 Å². The van der Waals surface area contributed by atoms with Gasteiger partial charge in [0.2, 0.25) is 0 Å². The molecule has 1 fully saturated rings. The van der Waals surface area contributed by atoms with Crippen LogP contribution >= 0.6 is 0 Å². The number of carbonyl (C=O) groups excluding carboxylic acids is 1. The van der Waals surface area contributed by atoms with Gasteiger partial charge in [-0.3, -0.25) is 9.48 Å². The van der Waals surface area contributed by atoms with Crippen molar-refractivity contribution < 1.29 is 4.79 Å². The van der Waals surface area contributed by atoms with Gasteiger partial charge in [-0.1, -0.05) is 0 Å². The Hall–Kier alpha value is -2.18. The quantitative estimate of drug-likeness (QED) is 0.812. The second-order valence-corrected chi connectivity index (χ2v) is 5.22. The molecule has 3 heterocycles. The first-order valence-corrected chi connectivity index (χ1v) is 6.79. The number of likely N-dealkylation sites (tertiary alicyclic amines) is 1. The van der Waals surface area contributed by atoms with Crippen molar-refractivity contribution in [3.63, 3.8) is 0 Å². The molecule has 1 aliphatic heterocycles. The van der Waals surface area contributed by atoms with Gasteiger partial charge in [-0.15, -0.1) is 0 Å². The molecule has 1 atom stereocenters. The molecule has 0 bridgehead atoms. The van der Waals surface area contributed by atoms with Crippen molar-refractivity contribution in [1.29, 1.82) is 0 Å².